The average Bonchev–Trinajstić information content (AvgIpc) is 2.70. The smallest absolute Gasteiger partial charge is 0.319 e. The number of rotatable bonds is 10. The summed E-state index contributed by atoms with van der Waals surface area (Å²) in [7, 11) is 0. The fraction of sp³-hybridized carbons (Fsp3) is 0.500. The van der Waals surface area contributed by atoms with Gasteiger partial charge in [-0.2, -0.15) is 0 Å². The van der Waals surface area contributed by atoms with Crippen LogP contribution in [0.2, 0.25) is 0 Å². The van der Waals surface area contributed by atoms with Crippen LogP contribution in [-0.4, -0.2) is 30.1 Å². The number of nitrogens with zero attached hydrogens (tertiary/aromatic N) is 1. The normalized spacial score (nSPS) is 11.9. The predicted octanol–water partition coefficient (Wildman–Crippen LogP) is 6.94. The standard InChI is InChI=1S/C24H35N3OS2/c1-7-8-9-10-19(20-12-16(2)11-17(3)13-20)15-25-24(28)27-22-21(29-5)14-18(4)26-23(22)30-6/h11-14,19H,7-10,15H2,1-6H3,(H2,25,27,28). The van der Waals surface area contributed by atoms with Crippen molar-refractivity contribution in [1.82, 2.24) is 10.3 Å². The molecule has 164 valence electrons. The Balaban J connectivity index is 2.12. The maximum atomic E-state index is 12.8. The number of unbranched alkanes of at least 4 members (excludes halogenated alkanes) is 2. The van der Waals surface area contributed by atoms with Gasteiger partial charge in [-0.05, 0) is 51.3 Å². The number of aromatic nitrogens is 1. The van der Waals surface area contributed by atoms with Gasteiger partial charge in [0.15, 0.2) is 0 Å². The molecule has 0 aliphatic heterocycles. The lowest BCUT2D eigenvalue weighted by atomic mass is 9.91. The number of amides is 2. The van der Waals surface area contributed by atoms with Crippen molar-refractivity contribution in [1.29, 1.82) is 0 Å². The fourth-order valence-corrected chi connectivity index (χ4v) is 4.99. The van der Waals surface area contributed by atoms with E-state index in [4.69, 9.17) is 0 Å². The van der Waals surface area contributed by atoms with E-state index in [0.29, 0.717) is 12.5 Å². The Morgan fingerprint density at radius 2 is 1.73 bits per heavy atom. The number of pyridine rings is 1. The van der Waals surface area contributed by atoms with E-state index in [0.717, 1.165) is 27.7 Å². The van der Waals surface area contributed by atoms with Crippen LogP contribution < -0.4 is 10.6 Å². The summed E-state index contributed by atoms with van der Waals surface area (Å²) in [6.07, 6.45) is 8.67. The number of benzene rings is 1. The monoisotopic (exact) mass is 445 g/mol. The van der Waals surface area contributed by atoms with Gasteiger partial charge in [0.1, 0.15) is 5.03 Å². The molecule has 0 bridgehead atoms. The van der Waals surface area contributed by atoms with E-state index in [1.165, 1.54) is 36.0 Å². The summed E-state index contributed by atoms with van der Waals surface area (Å²) in [4.78, 5) is 18.4. The Kier molecular flexibility index (Phi) is 10.1. The molecular formula is C24H35N3OS2. The summed E-state index contributed by atoms with van der Waals surface area (Å²) in [5.41, 5.74) is 5.62. The van der Waals surface area contributed by atoms with Crippen LogP contribution in [0.15, 0.2) is 34.2 Å². The zero-order valence-electron chi connectivity index (χ0n) is 19.1. The first-order valence-electron chi connectivity index (χ1n) is 10.6. The second-order valence-electron chi connectivity index (χ2n) is 7.80. The minimum atomic E-state index is -0.170. The number of aryl methyl sites for hydroxylation is 3. The highest BCUT2D eigenvalue weighted by atomic mass is 32.2. The highest BCUT2D eigenvalue weighted by Crippen LogP contribution is 2.33. The second kappa shape index (κ2) is 12.3. The van der Waals surface area contributed by atoms with Gasteiger partial charge in [0, 0.05) is 23.1 Å². The lowest BCUT2D eigenvalue weighted by Crippen LogP contribution is -2.33. The topological polar surface area (TPSA) is 54.0 Å². The molecule has 6 heteroatoms. The number of carbonyl (C=O) groups is 1. The molecule has 1 heterocycles. The third kappa shape index (κ3) is 7.24. The Bertz CT molecular complexity index is 809. The molecule has 30 heavy (non-hydrogen) atoms. The number of hydrogen-bond donors (Lipinski definition) is 2. The molecule has 0 spiro atoms. The third-order valence-corrected chi connectivity index (χ3v) is 6.55. The van der Waals surface area contributed by atoms with Crippen molar-refractivity contribution in [2.24, 2.45) is 0 Å². The van der Waals surface area contributed by atoms with Gasteiger partial charge < -0.3 is 10.6 Å². The predicted molar refractivity (Wildman–Crippen MR) is 132 cm³/mol. The molecule has 0 saturated heterocycles. The number of carbonyl (C=O) groups excluding carboxylic acids is 1. The van der Waals surface area contributed by atoms with Crippen LogP contribution in [0.4, 0.5) is 10.5 Å². The summed E-state index contributed by atoms with van der Waals surface area (Å²) >= 11 is 3.18. The number of urea groups is 1. The molecular weight excluding hydrogens is 410 g/mol. The van der Waals surface area contributed by atoms with Crippen LogP contribution in [-0.2, 0) is 0 Å². The second-order valence-corrected chi connectivity index (χ2v) is 9.44. The van der Waals surface area contributed by atoms with Crippen LogP contribution in [0.25, 0.3) is 0 Å². The third-order valence-electron chi connectivity index (χ3n) is 5.11. The Morgan fingerprint density at radius 1 is 1.03 bits per heavy atom. The number of anilines is 1. The molecule has 0 aliphatic carbocycles. The SMILES string of the molecule is CCCCCC(CNC(=O)Nc1c(SC)cc(C)nc1SC)c1cc(C)cc(C)c1. The van der Waals surface area contributed by atoms with E-state index < -0.39 is 0 Å². The van der Waals surface area contributed by atoms with Gasteiger partial charge >= 0.3 is 6.03 Å². The van der Waals surface area contributed by atoms with Gasteiger partial charge in [-0.1, -0.05) is 55.5 Å². The van der Waals surface area contributed by atoms with E-state index in [1.807, 2.05) is 25.5 Å². The summed E-state index contributed by atoms with van der Waals surface area (Å²) < 4.78 is 0. The quantitative estimate of drug-likeness (QED) is 0.307. The number of nitrogens with one attached hydrogen (secondary N) is 2. The number of thioether (sulfide) groups is 2. The van der Waals surface area contributed by atoms with Crippen LogP contribution in [0.3, 0.4) is 0 Å². The average molecular weight is 446 g/mol. The molecule has 0 fully saturated rings. The van der Waals surface area contributed by atoms with E-state index in [9.17, 15) is 4.79 Å². The molecule has 2 N–H and O–H groups in total. The first-order chi connectivity index (χ1) is 14.4. The first kappa shape index (κ1) is 24.6. The molecule has 2 rings (SSSR count). The fourth-order valence-electron chi connectivity index (χ4n) is 3.69. The highest BCUT2D eigenvalue weighted by Gasteiger charge is 2.17. The van der Waals surface area contributed by atoms with E-state index >= 15 is 0 Å². The summed E-state index contributed by atoms with van der Waals surface area (Å²) in [6.45, 7) is 9.10. The molecule has 4 nitrogen and oxygen atoms in total. The molecule has 1 aromatic heterocycles. The molecule has 1 aromatic carbocycles. The summed E-state index contributed by atoms with van der Waals surface area (Å²) in [5.74, 6) is 0.317. The van der Waals surface area contributed by atoms with Crippen molar-refractivity contribution < 1.29 is 4.79 Å². The van der Waals surface area contributed by atoms with Gasteiger partial charge in [0.05, 0.1) is 5.69 Å². The van der Waals surface area contributed by atoms with Crippen molar-refractivity contribution >= 4 is 35.2 Å². The van der Waals surface area contributed by atoms with E-state index in [2.05, 4.69) is 54.6 Å². The molecule has 1 unspecified atom stereocenters. The van der Waals surface area contributed by atoms with Crippen LogP contribution in [0, 0.1) is 20.8 Å². The molecule has 0 radical (unpaired) electrons. The number of hydrogen-bond acceptors (Lipinski definition) is 4. The lowest BCUT2D eigenvalue weighted by molar-refractivity contribution is 0.251. The minimum absolute atomic E-state index is 0.170. The van der Waals surface area contributed by atoms with Crippen LogP contribution in [0.1, 0.15) is 60.9 Å². The molecule has 1 atom stereocenters. The maximum absolute atomic E-state index is 12.8. The van der Waals surface area contributed by atoms with Crippen LogP contribution >= 0.6 is 23.5 Å². The van der Waals surface area contributed by atoms with Crippen molar-refractivity contribution in [3.63, 3.8) is 0 Å². The van der Waals surface area contributed by atoms with Gasteiger partial charge in [-0.25, -0.2) is 9.78 Å². The summed E-state index contributed by atoms with van der Waals surface area (Å²) in [5, 5.41) is 7.02. The van der Waals surface area contributed by atoms with Crippen LogP contribution in [0.5, 0.6) is 0 Å². The van der Waals surface area contributed by atoms with Gasteiger partial charge in [0.2, 0.25) is 0 Å². The zero-order valence-corrected chi connectivity index (χ0v) is 20.7. The van der Waals surface area contributed by atoms with Crippen molar-refractivity contribution in [2.45, 2.75) is 69.2 Å². The highest BCUT2D eigenvalue weighted by molar-refractivity contribution is 7.99. The Hall–Kier alpha value is -1.66. The minimum Gasteiger partial charge on any atom is -0.337 e. The first-order valence-corrected chi connectivity index (χ1v) is 13.1. The Labute approximate surface area is 190 Å². The van der Waals surface area contributed by atoms with E-state index in [-0.39, 0.29) is 6.03 Å². The zero-order chi connectivity index (χ0) is 22.1. The van der Waals surface area contributed by atoms with Crippen molar-refractivity contribution in [3.05, 3.63) is 46.6 Å². The maximum Gasteiger partial charge on any atom is 0.319 e. The lowest BCUT2D eigenvalue weighted by Gasteiger charge is -2.20. The molecule has 0 saturated carbocycles. The van der Waals surface area contributed by atoms with Gasteiger partial charge in [0.25, 0.3) is 0 Å². The van der Waals surface area contributed by atoms with E-state index in [1.54, 1.807) is 23.5 Å². The summed E-state index contributed by atoms with van der Waals surface area (Å²) in [6, 6.07) is 8.56. The van der Waals surface area contributed by atoms with Crippen molar-refractivity contribution in [2.75, 3.05) is 24.4 Å². The molecule has 0 aliphatic rings. The Morgan fingerprint density at radius 3 is 2.33 bits per heavy atom. The largest absolute Gasteiger partial charge is 0.337 e. The molecule has 2 amide bonds. The van der Waals surface area contributed by atoms with Crippen molar-refractivity contribution in [3.8, 4) is 0 Å². The van der Waals surface area contributed by atoms with Gasteiger partial charge in [-0.3, -0.25) is 0 Å². The van der Waals surface area contributed by atoms with Gasteiger partial charge in [-0.15, -0.1) is 23.5 Å². The molecule has 2 aromatic rings.